The van der Waals surface area contributed by atoms with E-state index in [-0.39, 0.29) is 11.2 Å². The van der Waals surface area contributed by atoms with Crippen LogP contribution in [0.3, 0.4) is 0 Å². The number of hydrogen-bond acceptors (Lipinski definition) is 5. The summed E-state index contributed by atoms with van der Waals surface area (Å²) in [6, 6.07) is 14.7. The van der Waals surface area contributed by atoms with Gasteiger partial charge in [-0.25, -0.2) is 14.5 Å². The summed E-state index contributed by atoms with van der Waals surface area (Å²) in [5, 5.41) is 10.9. The van der Waals surface area contributed by atoms with Crippen molar-refractivity contribution in [2.45, 2.75) is 19.9 Å². The van der Waals surface area contributed by atoms with Crippen LogP contribution in [0, 0.1) is 0 Å². The van der Waals surface area contributed by atoms with Gasteiger partial charge in [0.2, 0.25) is 5.82 Å². The lowest BCUT2D eigenvalue weighted by Crippen LogP contribution is -2.24. The maximum absolute atomic E-state index is 12.7. The molecule has 1 N–H and O–H groups in total. The second-order valence-electron chi connectivity index (χ2n) is 6.57. The van der Waals surface area contributed by atoms with Crippen LogP contribution in [0.4, 0.5) is 0 Å². The van der Waals surface area contributed by atoms with Crippen LogP contribution >= 0.6 is 0 Å². The van der Waals surface area contributed by atoms with Gasteiger partial charge in [-0.05, 0) is 24.6 Å². The van der Waals surface area contributed by atoms with Crippen LogP contribution in [-0.4, -0.2) is 29.4 Å². The van der Waals surface area contributed by atoms with E-state index in [0.29, 0.717) is 40.0 Å². The Kier molecular flexibility index (Phi) is 3.58. The summed E-state index contributed by atoms with van der Waals surface area (Å²) in [5.41, 5.74) is 1.10. The summed E-state index contributed by atoms with van der Waals surface area (Å²) in [7, 11) is 0. The highest BCUT2D eigenvalue weighted by Crippen LogP contribution is 2.24. The van der Waals surface area contributed by atoms with E-state index in [4.69, 9.17) is 0 Å². The maximum atomic E-state index is 12.7. The molecule has 0 unspecified atom stereocenters. The molecule has 0 bridgehead atoms. The average Bonchev–Trinajstić information content (AvgIpc) is 3.17. The second kappa shape index (κ2) is 6.12. The molecule has 5 rings (SSSR count). The quantitative estimate of drug-likeness (QED) is 0.524. The molecule has 28 heavy (non-hydrogen) atoms. The fourth-order valence-electron chi connectivity index (χ4n) is 3.45. The molecule has 3 heterocycles. The van der Waals surface area contributed by atoms with Gasteiger partial charge in [0.15, 0.2) is 5.65 Å². The van der Waals surface area contributed by atoms with Crippen LogP contribution in [0.1, 0.15) is 13.3 Å². The van der Waals surface area contributed by atoms with Crippen molar-refractivity contribution in [1.82, 2.24) is 29.4 Å². The Balaban J connectivity index is 1.88. The van der Waals surface area contributed by atoms with Gasteiger partial charge < -0.3 is 4.98 Å². The van der Waals surface area contributed by atoms with Crippen molar-refractivity contribution in [3.8, 4) is 11.5 Å². The molecule has 0 saturated heterocycles. The van der Waals surface area contributed by atoms with E-state index >= 15 is 0 Å². The number of hydrogen-bond donors (Lipinski definition) is 1. The molecule has 0 spiro atoms. The van der Waals surface area contributed by atoms with Crippen molar-refractivity contribution < 1.29 is 0 Å². The van der Waals surface area contributed by atoms with E-state index in [1.54, 1.807) is 6.07 Å². The van der Waals surface area contributed by atoms with Crippen LogP contribution < -0.4 is 11.2 Å². The van der Waals surface area contributed by atoms with E-state index in [9.17, 15) is 9.59 Å². The summed E-state index contributed by atoms with van der Waals surface area (Å²) in [5.74, 6) is 0.308. The number of H-pyrrole nitrogens is 1. The van der Waals surface area contributed by atoms with Crippen molar-refractivity contribution in [1.29, 1.82) is 0 Å². The lowest BCUT2D eigenvalue weighted by molar-refractivity contribution is 0.575. The molecule has 8 heteroatoms. The molecule has 0 aliphatic heterocycles. The Labute approximate surface area is 158 Å². The smallest absolute Gasteiger partial charge is 0.305 e. The molecule has 0 fully saturated rings. The van der Waals surface area contributed by atoms with Crippen LogP contribution in [0.25, 0.3) is 38.8 Å². The summed E-state index contributed by atoms with van der Waals surface area (Å²) < 4.78 is 2.68. The molecule has 5 aromatic rings. The number of aromatic amines is 1. The zero-order chi connectivity index (χ0) is 19.3. The number of para-hydroxylation sites is 1. The normalized spacial score (nSPS) is 11.6. The molecule has 3 aromatic heterocycles. The molecule has 0 saturated carbocycles. The van der Waals surface area contributed by atoms with E-state index in [2.05, 4.69) is 20.2 Å². The van der Waals surface area contributed by atoms with Crippen molar-refractivity contribution in [3.05, 3.63) is 69.4 Å². The molecule has 0 aliphatic carbocycles. The van der Waals surface area contributed by atoms with Crippen molar-refractivity contribution in [2.75, 3.05) is 0 Å². The van der Waals surface area contributed by atoms with Crippen LogP contribution in [0.5, 0.6) is 0 Å². The van der Waals surface area contributed by atoms with Crippen molar-refractivity contribution >= 4 is 27.3 Å². The number of aromatic nitrogens is 6. The van der Waals surface area contributed by atoms with Gasteiger partial charge in [-0.15, -0.1) is 5.10 Å². The van der Waals surface area contributed by atoms with Crippen LogP contribution in [0.15, 0.2) is 58.1 Å². The standard InChI is InChI=1S/C20H16N6O2/c1-2-11-25-19(27)13-8-4-3-7-12(13)16(23-25)17-22-18-14-9-5-6-10-15(14)21-20(28)26(18)24-17/h3-10H,2,11H2,1H3,(H,21,28). The molecule has 0 atom stereocenters. The molecular weight excluding hydrogens is 356 g/mol. The molecular formula is C20H16N6O2. The molecule has 2 aromatic carbocycles. The van der Waals surface area contributed by atoms with Gasteiger partial charge in [0.25, 0.3) is 5.56 Å². The Morgan fingerprint density at radius 3 is 2.43 bits per heavy atom. The third kappa shape index (κ3) is 2.34. The number of rotatable bonds is 3. The predicted octanol–water partition coefficient (Wildman–Crippen LogP) is 2.36. The highest BCUT2D eigenvalue weighted by Gasteiger charge is 2.18. The van der Waals surface area contributed by atoms with Gasteiger partial charge in [0.05, 0.1) is 10.9 Å². The molecule has 8 nitrogen and oxygen atoms in total. The minimum Gasteiger partial charge on any atom is -0.305 e. The highest BCUT2D eigenvalue weighted by atomic mass is 16.1. The molecule has 0 aliphatic rings. The second-order valence-corrected chi connectivity index (χ2v) is 6.57. The highest BCUT2D eigenvalue weighted by molar-refractivity contribution is 5.94. The molecule has 138 valence electrons. The van der Waals surface area contributed by atoms with Crippen LogP contribution in [-0.2, 0) is 6.54 Å². The molecule has 0 radical (unpaired) electrons. The first-order chi connectivity index (χ1) is 13.7. The minimum absolute atomic E-state index is 0.145. The first-order valence-electron chi connectivity index (χ1n) is 9.05. The SMILES string of the molecule is CCCn1nc(-c2nc3c4ccccc4[nH]c(=O)n3n2)c2ccccc2c1=O. The van der Waals surface area contributed by atoms with E-state index in [0.717, 1.165) is 11.8 Å². The van der Waals surface area contributed by atoms with Crippen LogP contribution in [0.2, 0.25) is 0 Å². The van der Waals surface area contributed by atoms with Gasteiger partial charge in [0, 0.05) is 17.3 Å². The number of nitrogens with one attached hydrogen (secondary N) is 1. The fourth-order valence-corrected chi connectivity index (χ4v) is 3.45. The Hall–Kier alpha value is -3.81. The van der Waals surface area contributed by atoms with Crippen molar-refractivity contribution in [2.24, 2.45) is 0 Å². The number of benzene rings is 2. The Morgan fingerprint density at radius 1 is 0.929 bits per heavy atom. The van der Waals surface area contributed by atoms with Gasteiger partial charge >= 0.3 is 5.69 Å². The topological polar surface area (TPSA) is 97.9 Å². The molecule has 0 amide bonds. The largest absolute Gasteiger partial charge is 0.348 e. The first kappa shape index (κ1) is 16.4. The average molecular weight is 372 g/mol. The van der Waals surface area contributed by atoms with Gasteiger partial charge in [-0.1, -0.05) is 37.3 Å². The number of fused-ring (bicyclic) bond motifs is 4. The monoisotopic (exact) mass is 372 g/mol. The Morgan fingerprint density at radius 2 is 1.64 bits per heavy atom. The summed E-state index contributed by atoms with van der Waals surface area (Å²) >= 11 is 0. The number of nitrogens with zero attached hydrogens (tertiary/aromatic N) is 5. The Bertz CT molecular complexity index is 1480. The third-order valence-corrected chi connectivity index (χ3v) is 4.72. The predicted molar refractivity (Wildman–Crippen MR) is 106 cm³/mol. The van der Waals surface area contributed by atoms with Gasteiger partial charge in [-0.3, -0.25) is 4.79 Å². The summed E-state index contributed by atoms with van der Waals surface area (Å²) in [4.78, 5) is 32.6. The van der Waals surface area contributed by atoms with Gasteiger partial charge in [0.1, 0.15) is 5.69 Å². The zero-order valence-corrected chi connectivity index (χ0v) is 15.1. The third-order valence-electron chi connectivity index (χ3n) is 4.72. The van der Waals surface area contributed by atoms with E-state index in [1.165, 1.54) is 9.20 Å². The maximum Gasteiger partial charge on any atom is 0.348 e. The van der Waals surface area contributed by atoms with E-state index < -0.39 is 0 Å². The van der Waals surface area contributed by atoms with Gasteiger partial charge in [-0.2, -0.15) is 9.61 Å². The summed E-state index contributed by atoms with van der Waals surface area (Å²) in [6.45, 7) is 2.48. The lowest BCUT2D eigenvalue weighted by Gasteiger charge is -2.08. The first-order valence-corrected chi connectivity index (χ1v) is 9.05. The summed E-state index contributed by atoms with van der Waals surface area (Å²) in [6.07, 6.45) is 0.771. The minimum atomic E-state index is -0.376. The lowest BCUT2D eigenvalue weighted by atomic mass is 10.1. The zero-order valence-electron chi connectivity index (χ0n) is 15.1. The van der Waals surface area contributed by atoms with E-state index in [1.807, 2.05) is 49.4 Å². The number of aryl methyl sites for hydroxylation is 1. The fraction of sp³-hybridized carbons (Fsp3) is 0.150. The van der Waals surface area contributed by atoms with Crippen molar-refractivity contribution in [3.63, 3.8) is 0 Å².